The maximum atomic E-state index is 12.4. The average molecular weight is 424 g/mol. The number of rotatable bonds is 10. The Morgan fingerprint density at radius 3 is 2.26 bits per heavy atom. The highest BCUT2D eigenvalue weighted by Crippen LogP contribution is 2.44. The van der Waals surface area contributed by atoms with E-state index in [1.165, 1.54) is 6.08 Å². The van der Waals surface area contributed by atoms with Gasteiger partial charge in [-0.25, -0.2) is 10.3 Å². The Kier molecular flexibility index (Phi) is 7.40. The first-order valence-corrected chi connectivity index (χ1v) is 9.87. The van der Waals surface area contributed by atoms with E-state index in [-0.39, 0.29) is 32.0 Å². The van der Waals surface area contributed by atoms with Crippen molar-refractivity contribution in [2.45, 2.75) is 24.8 Å². The number of amides is 2. The molecule has 0 heterocycles. The van der Waals surface area contributed by atoms with Crippen LogP contribution in [0.2, 0.25) is 0 Å². The fourth-order valence-corrected chi connectivity index (χ4v) is 3.56. The number of hydroxylamine groups is 1. The van der Waals surface area contributed by atoms with Gasteiger partial charge in [-0.2, -0.15) is 0 Å². The molecule has 0 saturated carbocycles. The highest BCUT2D eigenvalue weighted by molar-refractivity contribution is 5.85. The second kappa shape index (κ2) is 10.4. The molecule has 0 radical (unpaired) electrons. The zero-order valence-electron chi connectivity index (χ0n) is 16.9. The number of nitrogens with one attached hydrogen (secondary N) is 2. The van der Waals surface area contributed by atoms with E-state index in [4.69, 9.17) is 14.7 Å². The van der Waals surface area contributed by atoms with Crippen molar-refractivity contribution < 1.29 is 29.1 Å². The van der Waals surface area contributed by atoms with Crippen molar-refractivity contribution in [1.29, 1.82) is 0 Å². The summed E-state index contributed by atoms with van der Waals surface area (Å²) in [6.45, 7) is 3.62. The largest absolute Gasteiger partial charge is 0.481 e. The first-order valence-electron chi connectivity index (χ1n) is 9.87. The van der Waals surface area contributed by atoms with Crippen LogP contribution in [-0.4, -0.2) is 42.3 Å². The molecular weight excluding hydrogens is 400 g/mol. The number of fused-ring (bicyclic) bond motifs is 3. The SMILES string of the molecule is C=CCONC(=O)C(CCC(=O)O)NC(=O)OCC1c2ccccc2-c2ccccc21. The highest BCUT2D eigenvalue weighted by atomic mass is 16.6. The molecule has 2 aromatic carbocycles. The number of carbonyl (C=O) groups excluding carboxylic acids is 2. The van der Waals surface area contributed by atoms with Crippen LogP contribution >= 0.6 is 0 Å². The summed E-state index contributed by atoms with van der Waals surface area (Å²) in [5.74, 6) is -1.88. The Morgan fingerprint density at radius 2 is 1.68 bits per heavy atom. The van der Waals surface area contributed by atoms with Crippen LogP contribution < -0.4 is 10.8 Å². The standard InChI is InChI=1S/C23H24N2O6/c1-2-13-31-25-22(28)20(11-12-21(26)27)24-23(29)30-14-19-17-9-5-3-7-15(17)16-8-4-6-10-18(16)19/h2-10,19-20H,1,11-14H2,(H,24,29)(H,25,28)(H,26,27). The molecule has 3 rings (SSSR count). The molecule has 0 aromatic heterocycles. The minimum atomic E-state index is -1.11. The van der Waals surface area contributed by atoms with Crippen molar-refractivity contribution in [1.82, 2.24) is 10.8 Å². The number of carbonyl (C=O) groups is 3. The minimum Gasteiger partial charge on any atom is -0.481 e. The minimum absolute atomic E-state index is 0.0718. The van der Waals surface area contributed by atoms with Crippen LogP contribution in [0.3, 0.4) is 0 Å². The number of ether oxygens (including phenoxy) is 1. The number of hydrogen-bond acceptors (Lipinski definition) is 5. The molecule has 2 aromatic rings. The van der Waals surface area contributed by atoms with Gasteiger partial charge in [-0.3, -0.25) is 14.4 Å². The Labute approximate surface area is 179 Å². The van der Waals surface area contributed by atoms with E-state index in [9.17, 15) is 14.4 Å². The second-order valence-electron chi connectivity index (χ2n) is 7.02. The van der Waals surface area contributed by atoms with E-state index < -0.39 is 24.0 Å². The Bertz CT molecular complexity index is 929. The van der Waals surface area contributed by atoms with Crippen molar-refractivity contribution in [2.75, 3.05) is 13.2 Å². The molecule has 0 saturated heterocycles. The summed E-state index contributed by atoms with van der Waals surface area (Å²) in [5, 5.41) is 11.3. The van der Waals surface area contributed by atoms with Gasteiger partial charge in [-0.1, -0.05) is 54.6 Å². The summed E-state index contributed by atoms with van der Waals surface area (Å²) in [7, 11) is 0. The molecule has 0 aliphatic heterocycles. The molecule has 31 heavy (non-hydrogen) atoms. The lowest BCUT2D eigenvalue weighted by atomic mass is 9.98. The summed E-state index contributed by atoms with van der Waals surface area (Å²) in [6, 6.07) is 14.8. The number of carboxylic acid groups (broad SMARTS) is 1. The molecule has 162 valence electrons. The van der Waals surface area contributed by atoms with Crippen molar-refractivity contribution in [3.05, 3.63) is 72.3 Å². The molecule has 8 heteroatoms. The fraction of sp³-hybridized carbons (Fsp3) is 0.261. The van der Waals surface area contributed by atoms with Crippen molar-refractivity contribution in [3.63, 3.8) is 0 Å². The van der Waals surface area contributed by atoms with Crippen LogP contribution in [0, 0.1) is 0 Å². The number of aliphatic carboxylic acids is 1. The van der Waals surface area contributed by atoms with Crippen molar-refractivity contribution in [3.8, 4) is 11.1 Å². The van der Waals surface area contributed by atoms with Crippen LogP contribution in [0.15, 0.2) is 61.2 Å². The van der Waals surface area contributed by atoms with Crippen LogP contribution in [0.4, 0.5) is 4.79 Å². The molecule has 1 aliphatic carbocycles. The summed E-state index contributed by atoms with van der Waals surface area (Å²) in [6.07, 6.45) is 0.216. The molecule has 1 atom stereocenters. The molecule has 0 bridgehead atoms. The molecule has 3 N–H and O–H groups in total. The molecule has 1 aliphatic rings. The molecule has 0 fully saturated rings. The fourth-order valence-electron chi connectivity index (χ4n) is 3.56. The predicted octanol–water partition coefficient (Wildman–Crippen LogP) is 2.99. The lowest BCUT2D eigenvalue weighted by molar-refractivity contribution is -0.138. The van der Waals surface area contributed by atoms with Gasteiger partial charge in [0.05, 0.1) is 6.61 Å². The summed E-state index contributed by atoms with van der Waals surface area (Å²) in [4.78, 5) is 40.4. The van der Waals surface area contributed by atoms with Gasteiger partial charge >= 0.3 is 12.1 Å². The first kappa shape index (κ1) is 22.0. The first-order chi connectivity index (χ1) is 15.0. The van der Waals surface area contributed by atoms with Gasteiger partial charge in [-0.15, -0.1) is 6.58 Å². The second-order valence-corrected chi connectivity index (χ2v) is 7.02. The van der Waals surface area contributed by atoms with Gasteiger partial charge in [-0.05, 0) is 28.7 Å². The van der Waals surface area contributed by atoms with Crippen LogP contribution in [0.5, 0.6) is 0 Å². The summed E-state index contributed by atoms with van der Waals surface area (Å²) in [5.41, 5.74) is 6.50. The van der Waals surface area contributed by atoms with Gasteiger partial charge in [0.15, 0.2) is 0 Å². The zero-order valence-corrected chi connectivity index (χ0v) is 16.9. The quantitative estimate of drug-likeness (QED) is 0.307. The maximum Gasteiger partial charge on any atom is 0.407 e. The van der Waals surface area contributed by atoms with E-state index in [1.54, 1.807) is 0 Å². The van der Waals surface area contributed by atoms with E-state index in [0.717, 1.165) is 22.3 Å². The molecule has 2 amide bonds. The van der Waals surface area contributed by atoms with Gasteiger partial charge in [0.2, 0.25) is 0 Å². The third-order valence-electron chi connectivity index (χ3n) is 4.97. The number of alkyl carbamates (subject to hydrolysis) is 1. The predicted molar refractivity (Wildman–Crippen MR) is 113 cm³/mol. The maximum absolute atomic E-state index is 12.4. The summed E-state index contributed by atoms with van der Waals surface area (Å²) >= 11 is 0. The lowest BCUT2D eigenvalue weighted by Gasteiger charge is -2.19. The molecule has 1 unspecified atom stereocenters. The smallest absolute Gasteiger partial charge is 0.407 e. The average Bonchev–Trinajstić information content (AvgIpc) is 3.09. The number of carboxylic acids is 1. The van der Waals surface area contributed by atoms with E-state index in [0.29, 0.717) is 0 Å². The molecule has 8 nitrogen and oxygen atoms in total. The lowest BCUT2D eigenvalue weighted by Crippen LogP contribution is -2.47. The summed E-state index contributed by atoms with van der Waals surface area (Å²) < 4.78 is 5.42. The van der Waals surface area contributed by atoms with Gasteiger partial charge in [0, 0.05) is 12.3 Å². The highest BCUT2D eigenvalue weighted by Gasteiger charge is 2.30. The van der Waals surface area contributed by atoms with Crippen LogP contribution in [0.1, 0.15) is 29.9 Å². The molecule has 0 spiro atoms. The zero-order chi connectivity index (χ0) is 22.2. The van der Waals surface area contributed by atoms with Crippen molar-refractivity contribution >= 4 is 18.0 Å². The topological polar surface area (TPSA) is 114 Å². The van der Waals surface area contributed by atoms with Gasteiger partial charge in [0.1, 0.15) is 12.6 Å². The van der Waals surface area contributed by atoms with Gasteiger partial charge < -0.3 is 15.2 Å². The normalized spacial score (nSPS) is 12.9. The number of benzene rings is 2. The van der Waals surface area contributed by atoms with E-state index >= 15 is 0 Å². The van der Waals surface area contributed by atoms with Crippen LogP contribution in [0.25, 0.3) is 11.1 Å². The van der Waals surface area contributed by atoms with Crippen molar-refractivity contribution in [2.24, 2.45) is 0 Å². The Balaban J connectivity index is 1.64. The van der Waals surface area contributed by atoms with Gasteiger partial charge in [0.25, 0.3) is 5.91 Å². The number of hydrogen-bond donors (Lipinski definition) is 3. The third-order valence-corrected chi connectivity index (χ3v) is 4.97. The van der Waals surface area contributed by atoms with Crippen LogP contribution in [-0.2, 0) is 19.2 Å². The monoisotopic (exact) mass is 424 g/mol. The van der Waals surface area contributed by atoms with E-state index in [1.807, 2.05) is 48.5 Å². The third kappa shape index (κ3) is 5.49. The van der Waals surface area contributed by atoms with E-state index in [2.05, 4.69) is 17.4 Å². The Hall–Kier alpha value is -3.65. The Morgan fingerprint density at radius 1 is 1.06 bits per heavy atom. The molecular formula is C23H24N2O6.